The van der Waals surface area contributed by atoms with Crippen LogP contribution in [0.4, 0.5) is 22.7 Å². The first-order valence-corrected chi connectivity index (χ1v) is 54.7. The third-order valence-corrected chi connectivity index (χ3v) is 32.6. The molecule has 35 heteroatoms. The first-order valence-electron chi connectivity index (χ1n) is 47.2. The number of benzene rings is 11. The van der Waals surface area contributed by atoms with Gasteiger partial charge >= 0.3 is 0 Å². The number of aliphatic hydroxyl groups is 1. The number of nitrogens with zero attached hydrogens (tertiary/aromatic N) is 16. The van der Waals surface area contributed by atoms with Crippen molar-refractivity contribution >= 4 is 239 Å². The van der Waals surface area contributed by atoms with Crippen LogP contribution in [0.25, 0.3) is 89.0 Å². The molecule has 0 radical (unpaired) electrons. The zero-order valence-corrected chi connectivity index (χ0v) is 91.5. The molecule has 2 N–H and O–H groups in total. The number of rotatable bonds is 20. The lowest BCUT2D eigenvalue weighted by Crippen LogP contribution is -2.43. The number of hydrogen-bond donors (Lipinski definition) is 2. The van der Waals surface area contributed by atoms with Crippen molar-refractivity contribution in [2.75, 3.05) is 66.0 Å². The molecule has 20 aromatic rings. The van der Waals surface area contributed by atoms with Crippen LogP contribution in [0.2, 0.25) is 54.2 Å². The van der Waals surface area contributed by atoms with E-state index in [-0.39, 0.29) is 94.2 Å². The molecule has 0 atom stereocenters. The van der Waals surface area contributed by atoms with Crippen molar-refractivity contribution in [3.05, 3.63) is 432 Å². The molecule has 9 aromatic heterocycles. The number of hydrogen-bond acceptors (Lipinski definition) is 16. The highest BCUT2D eigenvalue weighted by Crippen LogP contribution is 2.40. The minimum atomic E-state index is -2.00. The van der Waals surface area contributed by atoms with Crippen molar-refractivity contribution in [3.63, 3.8) is 0 Å². The summed E-state index contributed by atoms with van der Waals surface area (Å²) in [5.74, 6) is -0.883. The molecule has 3 amide bonds. The second kappa shape index (κ2) is 50.1. The SMILES string of the molecule is Brc1ccc2c(c1)C=CC2.Brc1ccc2c(ccn2-c2ccccc2)c1.CC(C)(C)[Si](C)(C)OCCN(C(=O)c1c(Cl)ncnc1Cl)c1ccc2c(ccn2-c2ccccc2)c1.CCCNc1ccc2c(ccn2-c2ccccc2)c1.O=C(Cl)c1c(Cl)ncnc1Cl.O=C(c1c(Cl)ncnc1Cl)N(CCO)c1ccc2c(ccn2-c2ccccc2)c1.O=C1c2c(Cl)ncnc2OCCN1c1ccc2c(ccn2-c2ccccc2)c1. The number of carbonyl (C=O) groups is 4. The number of amides is 3. The third-order valence-electron chi connectivity index (χ3n) is 24.9. The van der Waals surface area contributed by atoms with Crippen molar-refractivity contribution in [3.8, 4) is 34.3 Å². The molecular weight excluding hydrogens is 2190 g/mol. The van der Waals surface area contributed by atoms with Gasteiger partial charge in [-0.3, -0.25) is 19.2 Å². The average Bonchev–Trinajstić information content (AvgIpc) is 1.43. The second-order valence-corrected chi connectivity index (χ2v) is 44.8. The first kappa shape index (κ1) is 108. The standard InChI is InChI=1S/C27H30Cl2N4O2Si.C21H16Cl2N4O2.C21H15ClN4O2.C17H18N2.C14H10BrN.C9H7Br.C5HCl3N2O/c1-27(2,3)36(4,5)35-16-15-33(26(34)23-24(28)30-18-31-25(23)29)21-11-12-22-19(17-21)13-14-32(22)20-9-7-6-8-10-20;22-19-18(20(23)25-13-24-19)21(29)27(10-11-28)16-6-7-17-14(12-16)8-9-26(17)15-4-2-1-3-5-15;22-19-18-20(24-13-23-19)28-11-10-26(21(18)27)16-6-7-17-14(12-16)8-9-25(17)15-4-2-1-3-5-15;1-2-11-18-15-8-9-17-14(13-15)10-12-19(17)16-6-4-3-5-7-16;15-12-6-7-14-11(10-12)8-9-16(14)13-4-2-1-3-5-13;10-9-5-4-7-2-1-3-8(7)6-9;6-3-2(5(8)11)4(7)10-1-9-3/h6-14,17-18H,15-16H2,1-5H3;1-9,12-13,28H,10-11H2;1-9,12-13H,10-11H2;3-10,12-13,18H,2,11H2,1H3;1-10H;1,3-6H,2H2;1H. The largest absolute Gasteiger partial charge is 0.475 e. The number of aromatic nitrogens is 13. The minimum Gasteiger partial charge on any atom is -0.475 e. The number of fused-ring (bicyclic) bond motifs is 7. The summed E-state index contributed by atoms with van der Waals surface area (Å²) < 4.78 is 25.0. The Hall–Kier alpha value is -13.7. The Kier molecular flexibility index (Phi) is 36.3. The van der Waals surface area contributed by atoms with Gasteiger partial charge in [-0.25, -0.2) is 39.9 Å². The highest BCUT2D eigenvalue weighted by Gasteiger charge is 2.38. The Morgan fingerprint density at radius 1 is 0.443 bits per heavy atom. The van der Waals surface area contributed by atoms with E-state index in [9.17, 15) is 24.3 Å². The van der Waals surface area contributed by atoms with Crippen LogP contribution in [0.15, 0.2) is 363 Å². The zero-order chi connectivity index (χ0) is 105. The summed E-state index contributed by atoms with van der Waals surface area (Å²) in [6.07, 6.45) is 21.7. The van der Waals surface area contributed by atoms with Gasteiger partial charge in [0, 0.05) is 138 Å². The van der Waals surface area contributed by atoms with Crippen molar-refractivity contribution < 1.29 is 33.4 Å². The fourth-order valence-corrected chi connectivity index (χ4v) is 20.1. The van der Waals surface area contributed by atoms with Gasteiger partial charge in [0.15, 0.2) is 8.32 Å². The highest BCUT2D eigenvalue weighted by molar-refractivity contribution is 9.10. The lowest BCUT2D eigenvalue weighted by molar-refractivity contribution is 0.0973. The van der Waals surface area contributed by atoms with Crippen LogP contribution < -0.4 is 24.8 Å². The molecule has 149 heavy (non-hydrogen) atoms. The monoisotopic (exact) mass is 2280 g/mol. The molecule has 11 aromatic carbocycles. The second-order valence-electron chi connectivity index (χ2n) is 35.3. The highest BCUT2D eigenvalue weighted by atomic mass is 79.9. The molecule has 0 saturated heterocycles. The number of para-hydroxylation sites is 5. The quantitative estimate of drug-likeness (QED) is 0.0408. The Morgan fingerprint density at radius 3 is 1.24 bits per heavy atom. The molecule has 22 rings (SSSR count). The molecule has 0 saturated carbocycles. The van der Waals surface area contributed by atoms with Crippen molar-refractivity contribution in [2.24, 2.45) is 0 Å². The van der Waals surface area contributed by atoms with Gasteiger partial charge in [-0.15, -0.1) is 0 Å². The van der Waals surface area contributed by atoms with E-state index in [1.165, 1.54) is 73.9 Å². The fraction of sp³-hybridized carbons (Fsp3) is 0.140. The molecule has 0 spiro atoms. The summed E-state index contributed by atoms with van der Waals surface area (Å²) >= 11 is 53.9. The van der Waals surface area contributed by atoms with Crippen molar-refractivity contribution in [1.29, 1.82) is 0 Å². The molecule has 24 nitrogen and oxygen atoms in total. The predicted octanol–water partition coefficient (Wildman–Crippen LogP) is 29.9. The van der Waals surface area contributed by atoms with Gasteiger partial charge in [0.05, 0.1) is 47.3 Å². The van der Waals surface area contributed by atoms with E-state index in [4.69, 9.17) is 102 Å². The molecule has 1 aliphatic heterocycles. The van der Waals surface area contributed by atoms with Gasteiger partial charge in [0.2, 0.25) is 5.88 Å². The maximum absolute atomic E-state index is 13.7. The number of nitrogens with one attached hydrogen (secondary N) is 1. The Balaban J connectivity index is 0.000000128. The summed E-state index contributed by atoms with van der Waals surface area (Å²) in [4.78, 5) is 85.9. The number of aliphatic hydroxyl groups excluding tert-OH is 1. The molecule has 1 aliphatic carbocycles. The Labute approximate surface area is 918 Å². The van der Waals surface area contributed by atoms with Gasteiger partial charge < -0.3 is 57.1 Å². The van der Waals surface area contributed by atoms with Gasteiger partial charge in [-0.1, -0.05) is 250 Å². The van der Waals surface area contributed by atoms with Crippen LogP contribution in [-0.4, -0.2) is 145 Å². The Bertz CT molecular complexity index is 8130. The summed E-state index contributed by atoms with van der Waals surface area (Å²) in [6.45, 7) is 15.4. The molecule has 0 fully saturated rings. The maximum atomic E-state index is 13.7. The van der Waals surface area contributed by atoms with E-state index in [0.717, 1.165) is 90.1 Å². The van der Waals surface area contributed by atoms with Gasteiger partial charge in [0.1, 0.15) is 90.2 Å². The minimum absolute atomic E-state index is 0.00577. The number of halogens is 10. The van der Waals surface area contributed by atoms with Crippen LogP contribution in [0.5, 0.6) is 5.88 Å². The normalized spacial score (nSPS) is 11.9. The van der Waals surface area contributed by atoms with E-state index in [1.54, 1.807) is 9.80 Å². The maximum Gasteiger partial charge on any atom is 0.267 e. The first-order chi connectivity index (χ1) is 72.0. The number of allylic oxidation sites excluding steroid dienone is 1. The zero-order valence-electron chi connectivity index (χ0n) is 81.3. The number of anilines is 4. The molecule has 0 unspecified atom stereocenters. The van der Waals surface area contributed by atoms with Crippen LogP contribution in [0.3, 0.4) is 0 Å². The number of carbonyl (C=O) groups excluding carboxylic acids is 4. The van der Waals surface area contributed by atoms with E-state index in [0.29, 0.717) is 37.7 Å². The van der Waals surface area contributed by atoms with E-state index in [1.807, 2.05) is 170 Å². The lowest BCUT2D eigenvalue weighted by Gasteiger charge is -2.37. The third kappa shape index (κ3) is 26.1. The predicted molar refractivity (Wildman–Crippen MR) is 614 cm³/mol. The summed E-state index contributed by atoms with van der Waals surface area (Å²) in [5, 5.41) is 17.7. The summed E-state index contributed by atoms with van der Waals surface area (Å²) in [6, 6.07) is 98.2. The van der Waals surface area contributed by atoms with Crippen molar-refractivity contribution in [2.45, 2.75) is 58.7 Å². The van der Waals surface area contributed by atoms with E-state index < -0.39 is 19.5 Å². The molecule has 754 valence electrons. The van der Waals surface area contributed by atoms with Crippen LogP contribution in [-0.2, 0) is 10.8 Å². The lowest BCUT2D eigenvalue weighted by atomic mass is 10.1. The molecule has 10 heterocycles. The van der Waals surface area contributed by atoms with Gasteiger partial charge in [0.25, 0.3) is 23.0 Å². The van der Waals surface area contributed by atoms with E-state index in [2.05, 4.69) is 305 Å². The van der Waals surface area contributed by atoms with Crippen LogP contribution in [0.1, 0.15) is 86.7 Å². The van der Waals surface area contributed by atoms with Crippen LogP contribution >= 0.6 is 125 Å². The van der Waals surface area contributed by atoms with Crippen LogP contribution in [0, 0.1) is 0 Å². The van der Waals surface area contributed by atoms with Gasteiger partial charge in [-0.05, 0) is 248 Å². The van der Waals surface area contributed by atoms with Gasteiger partial charge in [-0.2, -0.15) is 0 Å². The topological polar surface area (TPSA) is 256 Å². The Morgan fingerprint density at radius 2 is 0.819 bits per heavy atom. The molecule has 0 bridgehead atoms. The summed E-state index contributed by atoms with van der Waals surface area (Å²) in [5.41, 5.74) is 17.5. The molecular formula is C114H97Br2Cl8N17O7Si. The average molecular weight is 2290 g/mol. The number of ether oxygens (including phenoxy) is 1. The summed E-state index contributed by atoms with van der Waals surface area (Å²) in [7, 11) is -2.00. The smallest absolute Gasteiger partial charge is 0.267 e. The van der Waals surface area contributed by atoms with Crippen molar-refractivity contribution in [1.82, 2.24) is 62.7 Å². The fourth-order valence-electron chi connectivity index (χ4n) is 16.4. The molecule has 2 aliphatic rings. The van der Waals surface area contributed by atoms with E-state index >= 15 is 0 Å².